The Morgan fingerprint density at radius 3 is 1.17 bits per heavy atom. The molecule has 0 saturated heterocycles. The second-order valence-electron chi connectivity index (χ2n) is 1.78. The van der Waals surface area contributed by atoms with Crippen molar-refractivity contribution < 1.29 is 23.9 Å². The van der Waals surface area contributed by atoms with Gasteiger partial charge in [-0.15, -0.1) is 0 Å². The van der Waals surface area contributed by atoms with E-state index >= 15 is 0 Å². The third-order valence-corrected chi connectivity index (χ3v) is 0.804. The second-order valence-corrected chi connectivity index (χ2v) is 1.78. The van der Waals surface area contributed by atoms with Gasteiger partial charge in [0, 0.05) is 0 Å². The van der Waals surface area contributed by atoms with Gasteiger partial charge in [0.25, 0.3) is 0 Å². The Hall–Kier alpha value is -0.975. The third-order valence-electron chi connectivity index (χ3n) is 0.804. The van der Waals surface area contributed by atoms with Gasteiger partial charge in [-0.05, 0) is 24.3 Å². The smallest absolute Gasteiger partial charge is 0.402 e. The van der Waals surface area contributed by atoms with Crippen molar-refractivity contribution >= 4 is 7.32 Å². The SMILES string of the molecule is Fc1ccc(F)cc1.OB(O)O. The van der Waals surface area contributed by atoms with Crippen LogP contribution in [0.2, 0.25) is 0 Å². The van der Waals surface area contributed by atoms with E-state index in [0.29, 0.717) is 0 Å². The lowest BCUT2D eigenvalue weighted by Crippen LogP contribution is -2.07. The molecule has 0 spiro atoms. The zero-order valence-electron chi connectivity index (χ0n) is 5.98. The Morgan fingerprint density at radius 1 is 0.833 bits per heavy atom. The van der Waals surface area contributed by atoms with Gasteiger partial charge in [0.15, 0.2) is 0 Å². The highest BCUT2D eigenvalue weighted by Crippen LogP contribution is 1.98. The van der Waals surface area contributed by atoms with Gasteiger partial charge in [0.2, 0.25) is 0 Å². The molecule has 0 aliphatic heterocycles. The maximum atomic E-state index is 11.9. The van der Waals surface area contributed by atoms with E-state index in [9.17, 15) is 8.78 Å². The summed E-state index contributed by atoms with van der Waals surface area (Å²) in [5.74, 6) is -0.821. The number of benzene rings is 1. The Balaban J connectivity index is 0.000000261. The van der Waals surface area contributed by atoms with Gasteiger partial charge < -0.3 is 15.1 Å². The summed E-state index contributed by atoms with van der Waals surface area (Å²) in [5, 5.41) is 21.5. The molecule has 6 heteroatoms. The van der Waals surface area contributed by atoms with Crippen LogP contribution in [0.5, 0.6) is 0 Å². The van der Waals surface area contributed by atoms with Crippen LogP contribution < -0.4 is 0 Å². The molecule has 0 fully saturated rings. The van der Waals surface area contributed by atoms with Crippen LogP contribution in [0, 0.1) is 11.6 Å². The van der Waals surface area contributed by atoms with Crippen molar-refractivity contribution in [3.63, 3.8) is 0 Å². The fourth-order valence-corrected chi connectivity index (χ4v) is 0.430. The van der Waals surface area contributed by atoms with Gasteiger partial charge in [-0.25, -0.2) is 8.78 Å². The Kier molecular flexibility index (Phi) is 5.19. The first-order valence-electron chi connectivity index (χ1n) is 2.97. The van der Waals surface area contributed by atoms with Gasteiger partial charge in [0.05, 0.1) is 0 Å². The molecule has 66 valence electrons. The van der Waals surface area contributed by atoms with Crippen molar-refractivity contribution in [2.24, 2.45) is 0 Å². The van der Waals surface area contributed by atoms with E-state index in [1.807, 2.05) is 0 Å². The van der Waals surface area contributed by atoms with E-state index in [0.717, 1.165) is 24.3 Å². The molecule has 0 aliphatic rings. The second kappa shape index (κ2) is 5.65. The Bertz CT molecular complexity index is 191. The van der Waals surface area contributed by atoms with Crippen LogP contribution in [0.1, 0.15) is 0 Å². The first kappa shape index (κ1) is 11.0. The van der Waals surface area contributed by atoms with E-state index in [1.165, 1.54) is 0 Å². The van der Waals surface area contributed by atoms with Crippen LogP contribution >= 0.6 is 0 Å². The summed E-state index contributed by atoms with van der Waals surface area (Å²) >= 11 is 0. The van der Waals surface area contributed by atoms with E-state index in [4.69, 9.17) is 15.1 Å². The van der Waals surface area contributed by atoms with Crippen molar-refractivity contribution in [3.8, 4) is 0 Å². The highest BCUT2D eigenvalue weighted by Gasteiger charge is 1.92. The van der Waals surface area contributed by atoms with Crippen molar-refractivity contribution in [1.29, 1.82) is 0 Å². The molecule has 0 heterocycles. The molecule has 0 bridgehead atoms. The van der Waals surface area contributed by atoms with Gasteiger partial charge in [-0.3, -0.25) is 0 Å². The van der Waals surface area contributed by atoms with E-state index < -0.39 is 19.0 Å². The summed E-state index contributed by atoms with van der Waals surface area (Å²) in [4.78, 5) is 0. The van der Waals surface area contributed by atoms with Crippen LogP contribution in [0.3, 0.4) is 0 Å². The topological polar surface area (TPSA) is 60.7 Å². The van der Waals surface area contributed by atoms with Crippen LogP contribution in [0.25, 0.3) is 0 Å². The minimum atomic E-state index is -2.17. The molecule has 0 radical (unpaired) electrons. The summed E-state index contributed by atoms with van der Waals surface area (Å²) in [5.41, 5.74) is 0. The predicted octanol–water partition coefficient (Wildman–Crippen LogP) is -0.0870. The zero-order valence-corrected chi connectivity index (χ0v) is 5.98. The lowest BCUT2D eigenvalue weighted by Gasteiger charge is -1.83. The molecule has 0 unspecified atom stereocenters. The van der Waals surface area contributed by atoms with E-state index in [2.05, 4.69) is 0 Å². The van der Waals surface area contributed by atoms with Gasteiger partial charge >= 0.3 is 7.32 Å². The molecule has 1 rings (SSSR count). The number of halogens is 2. The molecule has 0 aliphatic carbocycles. The number of hydrogen-bond donors (Lipinski definition) is 3. The van der Waals surface area contributed by atoms with Crippen LogP contribution in [0.15, 0.2) is 24.3 Å². The van der Waals surface area contributed by atoms with Crippen LogP contribution in [0.4, 0.5) is 8.78 Å². The van der Waals surface area contributed by atoms with Gasteiger partial charge in [-0.1, -0.05) is 0 Å². The monoisotopic (exact) mass is 176 g/mol. The molecule has 0 amide bonds. The summed E-state index contributed by atoms with van der Waals surface area (Å²) in [6.07, 6.45) is 0. The maximum Gasteiger partial charge on any atom is 0.631 e. The molecule has 12 heavy (non-hydrogen) atoms. The first-order valence-corrected chi connectivity index (χ1v) is 2.97. The standard InChI is InChI=1S/C6H4F2.BH3O3/c7-5-1-2-6(8)4-3-5;2-1(3)4/h1-4H;2-4H. The molecule has 1 aromatic rings. The summed E-state index contributed by atoms with van der Waals surface area (Å²) in [7, 11) is -2.17. The van der Waals surface area contributed by atoms with Crippen molar-refractivity contribution in [3.05, 3.63) is 35.9 Å². The molecule has 0 aromatic heterocycles. The zero-order chi connectivity index (χ0) is 9.56. The fraction of sp³-hybridized carbons (Fsp3) is 0. The highest BCUT2D eigenvalue weighted by atomic mass is 19.1. The van der Waals surface area contributed by atoms with E-state index in [-0.39, 0.29) is 0 Å². The van der Waals surface area contributed by atoms with Gasteiger partial charge in [0.1, 0.15) is 11.6 Å². The number of hydrogen-bond acceptors (Lipinski definition) is 3. The third kappa shape index (κ3) is 7.14. The molecule has 3 nitrogen and oxygen atoms in total. The lowest BCUT2D eigenvalue weighted by molar-refractivity contribution is 0.278. The predicted molar refractivity (Wildman–Crippen MR) is 38.8 cm³/mol. The molecule has 0 atom stereocenters. The van der Waals surface area contributed by atoms with Crippen molar-refractivity contribution in [2.45, 2.75) is 0 Å². The highest BCUT2D eigenvalue weighted by molar-refractivity contribution is 6.30. The maximum absolute atomic E-state index is 11.9. The van der Waals surface area contributed by atoms with Crippen LogP contribution in [-0.2, 0) is 0 Å². The average molecular weight is 176 g/mol. The summed E-state index contributed by atoms with van der Waals surface area (Å²) in [6.45, 7) is 0. The largest absolute Gasteiger partial charge is 0.631 e. The average Bonchev–Trinajstić information content (AvgIpc) is 1.94. The Morgan fingerprint density at radius 2 is 1.00 bits per heavy atom. The molecule has 1 aromatic carbocycles. The molecule has 3 N–H and O–H groups in total. The molecular weight excluding hydrogens is 169 g/mol. The summed E-state index contributed by atoms with van der Waals surface area (Å²) < 4.78 is 23.8. The fourth-order valence-electron chi connectivity index (χ4n) is 0.430. The number of rotatable bonds is 0. The summed E-state index contributed by atoms with van der Waals surface area (Å²) in [6, 6.07) is 4.31. The minimum absolute atomic E-state index is 0.411. The minimum Gasteiger partial charge on any atom is -0.402 e. The van der Waals surface area contributed by atoms with Crippen molar-refractivity contribution in [2.75, 3.05) is 0 Å². The molecule has 0 saturated carbocycles. The van der Waals surface area contributed by atoms with E-state index in [1.54, 1.807) is 0 Å². The lowest BCUT2D eigenvalue weighted by atomic mass is 10.3. The normalized spacial score (nSPS) is 8.42. The molecular formula is C6H7BF2O3. The van der Waals surface area contributed by atoms with Gasteiger partial charge in [-0.2, -0.15) is 0 Å². The van der Waals surface area contributed by atoms with Crippen LogP contribution in [-0.4, -0.2) is 22.4 Å². The quantitative estimate of drug-likeness (QED) is 0.484. The Labute approximate surface area is 68.1 Å². The van der Waals surface area contributed by atoms with Crippen molar-refractivity contribution in [1.82, 2.24) is 0 Å². The first-order chi connectivity index (χ1) is 5.52.